The SMILES string of the molecule is CC(C)c1ccc(CCC(=O)Nc2ccccc2C(=O)NCCc2ccccc2)cc1. The molecule has 3 rings (SSSR count). The van der Waals surface area contributed by atoms with Crippen LogP contribution in [0.1, 0.15) is 53.2 Å². The molecule has 3 aromatic carbocycles. The van der Waals surface area contributed by atoms with Gasteiger partial charge in [0.25, 0.3) is 5.91 Å². The van der Waals surface area contributed by atoms with Gasteiger partial charge in [-0.15, -0.1) is 0 Å². The van der Waals surface area contributed by atoms with Crippen LogP contribution in [0.3, 0.4) is 0 Å². The third-order valence-corrected chi connectivity index (χ3v) is 5.27. The topological polar surface area (TPSA) is 58.2 Å². The lowest BCUT2D eigenvalue weighted by Gasteiger charge is -2.12. The minimum atomic E-state index is -0.184. The molecule has 160 valence electrons. The zero-order valence-electron chi connectivity index (χ0n) is 18.2. The highest BCUT2D eigenvalue weighted by molar-refractivity contribution is 6.03. The Balaban J connectivity index is 1.53. The van der Waals surface area contributed by atoms with E-state index >= 15 is 0 Å². The molecule has 0 atom stereocenters. The molecule has 0 aromatic heterocycles. The number of benzene rings is 3. The van der Waals surface area contributed by atoms with Crippen LogP contribution in [0.2, 0.25) is 0 Å². The van der Waals surface area contributed by atoms with E-state index in [1.54, 1.807) is 18.2 Å². The van der Waals surface area contributed by atoms with Crippen molar-refractivity contribution in [3.8, 4) is 0 Å². The van der Waals surface area contributed by atoms with Crippen LogP contribution in [-0.2, 0) is 17.6 Å². The van der Waals surface area contributed by atoms with Gasteiger partial charge in [-0.25, -0.2) is 0 Å². The minimum absolute atomic E-state index is 0.0996. The van der Waals surface area contributed by atoms with E-state index in [2.05, 4.69) is 48.7 Å². The Bertz CT molecular complexity index is 995. The summed E-state index contributed by atoms with van der Waals surface area (Å²) < 4.78 is 0. The van der Waals surface area contributed by atoms with Gasteiger partial charge in [-0.3, -0.25) is 9.59 Å². The van der Waals surface area contributed by atoms with E-state index in [0.29, 0.717) is 36.6 Å². The standard InChI is InChI=1S/C27H30N2O2/c1-20(2)23-15-12-22(13-16-23)14-17-26(30)29-25-11-7-6-10-24(25)27(31)28-19-18-21-8-4-3-5-9-21/h3-13,15-16,20H,14,17-19H2,1-2H3,(H,28,31)(H,29,30). The van der Waals surface area contributed by atoms with E-state index < -0.39 is 0 Å². The maximum absolute atomic E-state index is 12.6. The highest BCUT2D eigenvalue weighted by Crippen LogP contribution is 2.17. The van der Waals surface area contributed by atoms with E-state index in [1.807, 2.05) is 36.4 Å². The molecule has 0 aliphatic heterocycles. The number of para-hydroxylation sites is 1. The van der Waals surface area contributed by atoms with Crippen LogP contribution in [0, 0.1) is 0 Å². The molecule has 0 saturated carbocycles. The number of aryl methyl sites for hydroxylation is 1. The maximum atomic E-state index is 12.6. The van der Waals surface area contributed by atoms with Crippen molar-refractivity contribution in [2.45, 2.75) is 39.0 Å². The molecule has 0 saturated heterocycles. The lowest BCUT2D eigenvalue weighted by atomic mass is 10.0. The molecular weight excluding hydrogens is 384 g/mol. The van der Waals surface area contributed by atoms with Crippen LogP contribution in [0.15, 0.2) is 78.9 Å². The fourth-order valence-corrected chi connectivity index (χ4v) is 3.39. The van der Waals surface area contributed by atoms with Gasteiger partial charge in [0.15, 0.2) is 0 Å². The zero-order chi connectivity index (χ0) is 22.1. The van der Waals surface area contributed by atoms with Crippen LogP contribution in [0.4, 0.5) is 5.69 Å². The van der Waals surface area contributed by atoms with Crippen molar-refractivity contribution in [2.24, 2.45) is 0 Å². The molecule has 2 N–H and O–H groups in total. The Labute approximate surface area is 184 Å². The van der Waals surface area contributed by atoms with Gasteiger partial charge in [0, 0.05) is 13.0 Å². The first-order chi connectivity index (χ1) is 15.0. The highest BCUT2D eigenvalue weighted by Gasteiger charge is 2.13. The molecule has 0 radical (unpaired) electrons. The number of hydrogen-bond donors (Lipinski definition) is 2. The molecule has 0 aliphatic carbocycles. The molecular formula is C27H30N2O2. The van der Waals surface area contributed by atoms with Crippen molar-refractivity contribution in [3.63, 3.8) is 0 Å². The zero-order valence-corrected chi connectivity index (χ0v) is 18.2. The number of nitrogens with one attached hydrogen (secondary N) is 2. The summed E-state index contributed by atoms with van der Waals surface area (Å²) in [5.74, 6) is 0.210. The van der Waals surface area contributed by atoms with Crippen LogP contribution < -0.4 is 10.6 Å². The quantitative estimate of drug-likeness (QED) is 0.496. The van der Waals surface area contributed by atoms with E-state index in [1.165, 1.54) is 11.1 Å². The Morgan fingerprint density at radius 1 is 0.774 bits per heavy atom. The van der Waals surface area contributed by atoms with Crippen molar-refractivity contribution in [2.75, 3.05) is 11.9 Å². The highest BCUT2D eigenvalue weighted by atomic mass is 16.2. The minimum Gasteiger partial charge on any atom is -0.352 e. The van der Waals surface area contributed by atoms with Gasteiger partial charge < -0.3 is 10.6 Å². The molecule has 31 heavy (non-hydrogen) atoms. The lowest BCUT2D eigenvalue weighted by molar-refractivity contribution is -0.116. The molecule has 0 spiro atoms. The molecule has 4 heteroatoms. The first-order valence-corrected chi connectivity index (χ1v) is 10.8. The van der Waals surface area contributed by atoms with Gasteiger partial charge in [0.2, 0.25) is 5.91 Å². The summed E-state index contributed by atoms with van der Waals surface area (Å²) in [4.78, 5) is 25.1. The molecule has 0 fully saturated rings. The van der Waals surface area contributed by atoms with Gasteiger partial charge in [-0.05, 0) is 47.6 Å². The van der Waals surface area contributed by atoms with Crippen LogP contribution >= 0.6 is 0 Å². The third kappa shape index (κ3) is 6.82. The first kappa shape index (κ1) is 22.3. The number of rotatable bonds is 9. The summed E-state index contributed by atoms with van der Waals surface area (Å²) in [6.07, 6.45) is 1.79. The second-order valence-corrected chi connectivity index (χ2v) is 7.98. The first-order valence-electron chi connectivity index (χ1n) is 10.8. The molecule has 4 nitrogen and oxygen atoms in total. The van der Waals surface area contributed by atoms with E-state index in [-0.39, 0.29) is 11.8 Å². The van der Waals surface area contributed by atoms with Crippen molar-refractivity contribution in [3.05, 3.63) is 101 Å². The molecule has 0 unspecified atom stereocenters. The van der Waals surface area contributed by atoms with Gasteiger partial charge >= 0.3 is 0 Å². The van der Waals surface area contributed by atoms with Crippen molar-refractivity contribution in [1.29, 1.82) is 0 Å². The average Bonchev–Trinajstić information content (AvgIpc) is 2.79. The van der Waals surface area contributed by atoms with E-state index in [9.17, 15) is 9.59 Å². The van der Waals surface area contributed by atoms with Crippen LogP contribution in [0.5, 0.6) is 0 Å². The Morgan fingerprint density at radius 2 is 1.42 bits per heavy atom. The lowest BCUT2D eigenvalue weighted by Crippen LogP contribution is -2.27. The molecule has 2 amide bonds. The normalized spacial score (nSPS) is 10.7. The van der Waals surface area contributed by atoms with Crippen molar-refractivity contribution in [1.82, 2.24) is 5.32 Å². The third-order valence-electron chi connectivity index (χ3n) is 5.27. The van der Waals surface area contributed by atoms with Crippen molar-refractivity contribution >= 4 is 17.5 Å². The fraction of sp³-hybridized carbons (Fsp3) is 0.259. The fourth-order valence-electron chi connectivity index (χ4n) is 3.39. The van der Waals surface area contributed by atoms with E-state index in [4.69, 9.17) is 0 Å². The van der Waals surface area contributed by atoms with Gasteiger partial charge in [0.1, 0.15) is 0 Å². The predicted molar refractivity (Wildman–Crippen MR) is 126 cm³/mol. The Kier molecular flexibility index (Phi) is 7.99. The maximum Gasteiger partial charge on any atom is 0.253 e. The summed E-state index contributed by atoms with van der Waals surface area (Å²) in [7, 11) is 0. The summed E-state index contributed by atoms with van der Waals surface area (Å²) in [5.41, 5.74) is 4.61. The summed E-state index contributed by atoms with van der Waals surface area (Å²) in [6.45, 7) is 4.87. The summed E-state index contributed by atoms with van der Waals surface area (Å²) in [5, 5.41) is 5.84. The molecule has 3 aromatic rings. The smallest absolute Gasteiger partial charge is 0.253 e. The second-order valence-electron chi connectivity index (χ2n) is 7.98. The summed E-state index contributed by atoms with van der Waals surface area (Å²) in [6, 6.07) is 25.5. The van der Waals surface area contributed by atoms with Gasteiger partial charge in [-0.2, -0.15) is 0 Å². The van der Waals surface area contributed by atoms with Crippen molar-refractivity contribution < 1.29 is 9.59 Å². The van der Waals surface area contributed by atoms with E-state index in [0.717, 1.165) is 12.0 Å². The Morgan fingerprint density at radius 3 is 2.13 bits per heavy atom. The van der Waals surface area contributed by atoms with Crippen LogP contribution in [0.25, 0.3) is 0 Å². The molecule has 0 heterocycles. The predicted octanol–water partition coefficient (Wildman–Crippen LogP) is 5.35. The number of anilines is 1. The van der Waals surface area contributed by atoms with Gasteiger partial charge in [-0.1, -0.05) is 80.6 Å². The Hall–Kier alpha value is -3.40. The molecule has 0 aliphatic rings. The van der Waals surface area contributed by atoms with Gasteiger partial charge in [0.05, 0.1) is 11.3 Å². The largest absolute Gasteiger partial charge is 0.352 e. The average molecular weight is 415 g/mol. The number of carbonyl (C=O) groups excluding carboxylic acids is 2. The number of hydrogen-bond acceptors (Lipinski definition) is 2. The second kappa shape index (κ2) is 11.1. The number of amides is 2. The number of carbonyl (C=O) groups is 2. The monoisotopic (exact) mass is 414 g/mol. The summed E-state index contributed by atoms with van der Waals surface area (Å²) >= 11 is 0. The molecule has 0 bridgehead atoms. The van der Waals surface area contributed by atoms with Crippen LogP contribution in [-0.4, -0.2) is 18.4 Å².